The van der Waals surface area contributed by atoms with Crippen molar-refractivity contribution >= 4 is 23.9 Å². The Morgan fingerprint density at radius 1 is 0.774 bits per heavy atom. The Hall–Kier alpha value is -2.94. The van der Waals surface area contributed by atoms with Crippen molar-refractivity contribution in [3.05, 3.63) is 35.9 Å². The topological polar surface area (TPSA) is 114 Å². The van der Waals surface area contributed by atoms with E-state index in [9.17, 15) is 19.2 Å². The van der Waals surface area contributed by atoms with Gasteiger partial charge >= 0.3 is 23.9 Å². The molecule has 0 saturated heterocycles. The Bertz CT molecular complexity index is 776. The molecule has 170 valence electrons. The van der Waals surface area contributed by atoms with Crippen molar-refractivity contribution in [1.82, 2.24) is 0 Å². The van der Waals surface area contributed by atoms with Crippen LogP contribution in [0.3, 0.4) is 0 Å². The van der Waals surface area contributed by atoms with Crippen molar-refractivity contribution in [2.24, 2.45) is 5.92 Å². The first-order valence-corrected chi connectivity index (χ1v) is 9.98. The molecule has 1 fully saturated rings. The Balaban J connectivity index is 2.35. The normalized spacial score (nSPS) is 25.2. The molecule has 1 aromatic rings. The molecule has 0 unspecified atom stereocenters. The molecule has 9 heteroatoms. The molecule has 0 bridgehead atoms. The third kappa shape index (κ3) is 7.67. The molecule has 0 heterocycles. The van der Waals surface area contributed by atoms with E-state index < -0.39 is 54.2 Å². The highest BCUT2D eigenvalue weighted by molar-refractivity contribution is 5.68. The van der Waals surface area contributed by atoms with Crippen molar-refractivity contribution in [1.29, 1.82) is 0 Å². The third-order valence-electron chi connectivity index (χ3n) is 4.73. The molecule has 5 atom stereocenters. The zero-order valence-corrected chi connectivity index (χ0v) is 18.1. The number of carbonyl (C=O) groups excluding carboxylic acids is 4. The zero-order valence-electron chi connectivity index (χ0n) is 18.1. The van der Waals surface area contributed by atoms with Gasteiger partial charge in [0.2, 0.25) is 0 Å². The van der Waals surface area contributed by atoms with Gasteiger partial charge in [0.05, 0.1) is 19.3 Å². The van der Waals surface area contributed by atoms with Crippen LogP contribution in [0.4, 0.5) is 0 Å². The Kier molecular flexibility index (Phi) is 8.99. The lowest BCUT2D eigenvalue weighted by molar-refractivity contribution is -0.223. The van der Waals surface area contributed by atoms with Crippen LogP contribution in [0.25, 0.3) is 0 Å². The minimum atomic E-state index is -1.12. The number of hydrogen-bond acceptors (Lipinski definition) is 9. The number of hydrogen-bond donors (Lipinski definition) is 0. The molecule has 0 N–H and O–H groups in total. The molecular formula is C22H28O9. The van der Waals surface area contributed by atoms with Crippen LogP contribution in [0.2, 0.25) is 0 Å². The number of carbonyl (C=O) groups is 4. The summed E-state index contributed by atoms with van der Waals surface area (Å²) in [6, 6.07) is 9.37. The quantitative estimate of drug-likeness (QED) is 0.445. The molecule has 1 aromatic carbocycles. The SMILES string of the molecule is CC(=O)OC[C@H]1C[C@H](OCc2ccccc2)[C@@H](OC(C)=O)[C@@H](OC(C)=O)[C@@H]1OC(C)=O. The third-order valence-corrected chi connectivity index (χ3v) is 4.73. The van der Waals surface area contributed by atoms with Crippen molar-refractivity contribution in [2.45, 2.75) is 65.1 Å². The van der Waals surface area contributed by atoms with Gasteiger partial charge in [0.15, 0.2) is 12.2 Å². The fraction of sp³-hybridized carbons (Fsp3) is 0.545. The maximum Gasteiger partial charge on any atom is 0.303 e. The molecule has 0 aromatic heterocycles. The number of ether oxygens (including phenoxy) is 5. The average Bonchev–Trinajstić information content (AvgIpc) is 2.68. The molecule has 0 amide bonds. The van der Waals surface area contributed by atoms with Crippen molar-refractivity contribution in [3.8, 4) is 0 Å². The van der Waals surface area contributed by atoms with Gasteiger partial charge in [-0.05, 0) is 12.0 Å². The molecule has 9 nitrogen and oxygen atoms in total. The van der Waals surface area contributed by atoms with E-state index >= 15 is 0 Å². The van der Waals surface area contributed by atoms with Gasteiger partial charge < -0.3 is 23.7 Å². The fourth-order valence-corrected chi connectivity index (χ4v) is 3.58. The molecule has 1 aliphatic carbocycles. The maximum atomic E-state index is 11.8. The summed E-state index contributed by atoms with van der Waals surface area (Å²) in [4.78, 5) is 46.7. The smallest absolute Gasteiger partial charge is 0.303 e. The second kappa shape index (κ2) is 11.5. The average molecular weight is 436 g/mol. The monoisotopic (exact) mass is 436 g/mol. The predicted molar refractivity (Wildman–Crippen MR) is 106 cm³/mol. The lowest BCUT2D eigenvalue weighted by Gasteiger charge is -2.44. The maximum absolute atomic E-state index is 11.8. The molecule has 0 aliphatic heterocycles. The minimum Gasteiger partial charge on any atom is -0.465 e. The second-order valence-electron chi connectivity index (χ2n) is 7.36. The Labute approximate surface area is 180 Å². The second-order valence-corrected chi connectivity index (χ2v) is 7.36. The summed E-state index contributed by atoms with van der Waals surface area (Å²) in [6.45, 7) is 5.04. The summed E-state index contributed by atoms with van der Waals surface area (Å²) < 4.78 is 27.5. The van der Waals surface area contributed by atoms with Gasteiger partial charge in [0, 0.05) is 33.6 Å². The van der Waals surface area contributed by atoms with Crippen molar-refractivity contribution in [3.63, 3.8) is 0 Å². The molecule has 0 spiro atoms. The highest BCUT2D eigenvalue weighted by atomic mass is 16.6. The van der Waals surface area contributed by atoms with E-state index in [1.165, 1.54) is 27.7 Å². The first-order valence-electron chi connectivity index (χ1n) is 9.98. The van der Waals surface area contributed by atoms with Gasteiger partial charge in [-0.1, -0.05) is 30.3 Å². The van der Waals surface area contributed by atoms with Crippen LogP contribution < -0.4 is 0 Å². The van der Waals surface area contributed by atoms with Crippen LogP contribution in [0.5, 0.6) is 0 Å². The minimum absolute atomic E-state index is 0.0803. The van der Waals surface area contributed by atoms with Crippen LogP contribution in [-0.4, -0.2) is 54.9 Å². The van der Waals surface area contributed by atoms with Crippen LogP contribution in [0, 0.1) is 5.92 Å². The van der Waals surface area contributed by atoms with E-state index in [1.807, 2.05) is 30.3 Å². The van der Waals surface area contributed by atoms with Gasteiger partial charge in [-0.25, -0.2) is 0 Å². The molecule has 1 saturated carbocycles. The Morgan fingerprint density at radius 2 is 1.32 bits per heavy atom. The largest absolute Gasteiger partial charge is 0.465 e. The highest BCUT2D eigenvalue weighted by Crippen LogP contribution is 2.35. The first-order chi connectivity index (χ1) is 14.7. The fourth-order valence-electron chi connectivity index (χ4n) is 3.58. The van der Waals surface area contributed by atoms with Crippen LogP contribution in [0.1, 0.15) is 39.7 Å². The molecule has 2 rings (SSSR count). The lowest BCUT2D eigenvalue weighted by atomic mass is 9.80. The van der Waals surface area contributed by atoms with E-state index in [-0.39, 0.29) is 19.6 Å². The van der Waals surface area contributed by atoms with E-state index in [0.29, 0.717) is 0 Å². The summed E-state index contributed by atoms with van der Waals surface area (Å²) in [5.41, 5.74) is 0.895. The number of esters is 4. The van der Waals surface area contributed by atoms with E-state index in [4.69, 9.17) is 23.7 Å². The van der Waals surface area contributed by atoms with Crippen molar-refractivity contribution < 1.29 is 42.9 Å². The predicted octanol–water partition coefficient (Wildman–Crippen LogP) is 1.95. The summed E-state index contributed by atoms with van der Waals surface area (Å²) in [5.74, 6) is -2.90. The number of rotatable bonds is 8. The van der Waals surface area contributed by atoms with Gasteiger partial charge in [0.1, 0.15) is 6.10 Å². The zero-order chi connectivity index (χ0) is 23.0. The van der Waals surface area contributed by atoms with Crippen LogP contribution in [0.15, 0.2) is 30.3 Å². The van der Waals surface area contributed by atoms with Gasteiger partial charge in [-0.15, -0.1) is 0 Å². The lowest BCUT2D eigenvalue weighted by Crippen LogP contribution is -2.59. The van der Waals surface area contributed by atoms with E-state index in [0.717, 1.165) is 5.56 Å². The summed E-state index contributed by atoms with van der Waals surface area (Å²) in [7, 11) is 0. The standard InChI is InChI=1S/C22H28O9/c1-13(23)27-12-18-10-19(28-11-17-8-6-5-7-9-17)21(30-15(3)25)22(31-16(4)26)20(18)29-14(2)24/h5-9,18-22H,10-12H2,1-4H3/t18-,19+,20-,21-,22+/m1/s1. The first kappa shape index (κ1) is 24.3. The van der Waals surface area contributed by atoms with Crippen molar-refractivity contribution in [2.75, 3.05) is 6.61 Å². The molecule has 31 heavy (non-hydrogen) atoms. The highest BCUT2D eigenvalue weighted by Gasteiger charge is 2.51. The van der Waals surface area contributed by atoms with Gasteiger partial charge in [0.25, 0.3) is 0 Å². The Morgan fingerprint density at radius 3 is 1.87 bits per heavy atom. The summed E-state index contributed by atoms with van der Waals surface area (Å²) in [6.07, 6.45) is -3.57. The van der Waals surface area contributed by atoms with Crippen LogP contribution in [-0.2, 0) is 49.5 Å². The number of benzene rings is 1. The van der Waals surface area contributed by atoms with E-state index in [1.54, 1.807) is 0 Å². The molecule has 0 radical (unpaired) electrons. The van der Waals surface area contributed by atoms with Gasteiger partial charge in [-0.2, -0.15) is 0 Å². The molecular weight excluding hydrogens is 408 g/mol. The summed E-state index contributed by atoms with van der Waals surface area (Å²) >= 11 is 0. The summed E-state index contributed by atoms with van der Waals surface area (Å²) in [5, 5.41) is 0. The van der Waals surface area contributed by atoms with E-state index in [2.05, 4.69) is 0 Å². The van der Waals surface area contributed by atoms with Gasteiger partial charge in [-0.3, -0.25) is 19.2 Å². The molecule has 1 aliphatic rings. The van der Waals surface area contributed by atoms with Crippen LogP contribution >= 0.6 is 0 Å².